The van der Waals surface area contributed by atoms with Crippen molar-refractivity contribution in [2.45, 2.75) is 6.92 Å². The summed E-state index contributed by atoms with van der Waals surface area (Å²) in [5.41, 5.74) is 2.29. The van der Waals surface area contributed by atoms with Gasteiger partial charge in [-0.1, -0.05) is 19.1 Å². The van der Waals surface area contributed by atoms with E-state index in [0.717, 1.165) is 44.1 Å². The lowest BCUT2D eigenvalue weighted by atomic mass is 10.1. The third kappa shape index (κ3) is 4.34. The number of anilines is 2. The Hall–Kier alpha value is -2.73. The molecular weight excluding hydrogens is 342 g/mol. The molecular formula is C21H27N3O3. The topological polar surface area (TPSA) is 54.0 Å². The zero-order valence-corrected chi connectivity index (χ0v) is 16.2. The Morgan fingerprint density at radius 1 is 1.04 bits per heavy atom. The van der Waals surface area contributed by atoms with Crippen LogP contribution in [0.2, 0.25) is 0 Å². The zero-order valence-electron chi connectivity index (χ0n) is 16.2. The first-order valence-electron chi connectivity index (χ1n) is 9.26. The number of benzene rings is 2. The summed E-state index contributed by atoms with van der Waals surface area (Å²) >= 11 is 0. The molecule has 1 aliphatic heterocycles. The number of amides is 1. The third-order valence-electron chi connectivity index (χ3n) is 4.96. The molecule has 6 nitrogen and oxygen atoms in total. The molecule has 1 N–H and O–H groups in total. The molecule has 144 valence electrons. The summed E-state index contributed by atoms with van der Waals surface area (Å²) in [5, 5.41) is 3.05. The van der Waals surface area contributed by atoms with E-state index in [-0.39, 0.29) is 5.91 Å². The van der Waals surface area contributed by atoms with Crippen LogP contribution < -0.4 is 19.7 Å². The quantitative estimate of drug-likeness (QED) is 0.848. The van der Waals surface area contributed by atoms with Gasteiger partial charge in [0.15, 0.2) is 0 Å². The fraction of sp³-hybridized carbons (Fsp3) is 0.381. The molecule has 1 aliphatic rings. The van der Waals surface area contributed by atoms with Gasteiger partial charge in [-0.25, -0.2) is 0 Å². The minimum absolute atomic E-state index is 0.217. The number of hydrogen-bond donors (Lipinski definition) is 1. The van der Waals surface area contributed by atoms with Gasteiger partial charge in [0.2, 0.25) is 0 Å². The predicted octanol–water partition coefficient (Wildman–Crippen LogP) is 3.10. The van der Waals surface area contributed by atoms with Crippen LogP contribution in [0.5, 0.6) is 11.5 Å². The first-order valence-corrected chi connectivity index (χ1v) is 9.26. The van der Waals surface area contributed by atoms with Gasteiger partial charge >= 0.3 is 0 Å². The molecule has 27 heavy (non-hydrogen) atoms. The molecule has 1 saturated heterocycles. The molecule has 6 heteroatoms. The molecule has 1 heterocycles. The summed E-state index contributed by atoms with van der Waals surface area (Å²) in [5.74, 6) is 0.914. The van der Waals surface area contributed by atoms with Crippen molar-refractivity contribution in [3.8, 4) is 11.5 Å². The second-order valence-corrected chi connectivity index (χ2v) is 6.46. The van der Waals surface area contributed by atoms with E-state index >= 15 is 0 Å². The fourth-order valence-corrected chi connectivity index (χ4v) is 3.34. The van der Waals surface area contributed by atoms with E-state index < -0.39 is 0 Å². The lowest BCUT2D eigenvalue weighted by molar-refractivity contribution is 0.102. The summed E-state index contributed by atoms with van der Waals surface area (Å²) in [4.78, 5) is 17.7. The van der Waals surface area contributed by atoms with E-state index in [4.69, 9.17) is 9.47 Å². The molecule has 0 unspecified atom stereocenters. The molecule has 1 amide bonds. The van der Waals surface area contributed by atoms with Crippen LogP contribution >= 0.6 is 0 Å². The van der Waals surface area contributed by atoms with Crippen molar-refractivity contribution >= 4 is 17.3 Å². The van der Waals surface area contributed by atoms with Crippen LogP contribution in [0.1, 0.15) is 17.3 Å². The van der Waals surface area contributed by atoms with Gasteiger partial charge in [0, 0.05) is 26.2 Å². The summed E-state index contributed by atoms with van der Waals surface area (Å²) in [6.45, 7) is 7.21. The Balaban J connectivity index is 1.81. The maximum Gasteiger partial charge on any atom is 0.259 e. The number of nitrogens with one attached hydrogen (secondary N) is 1. The van der Waals surface area contributed by atoms with E-state index in [1.54, 1.807) is 32.4 Å². The monoisotopic (exact) mass is 369 g/mol. The van der Waals surface area contributed by atoms with Crippen LogP contribution in [0.3, 0.4) is 0 Å². The second kappa shape index (κ2) is 8.77. The second-order valence-electron chi connectivity index (χ2n) is 6.46. The number of carbonyl (C=O) groups is 1. The van der Waals surface area contributed by atoms with Crippen LogP contribution in [0.4, 0.5) is 11.4 Å². The standard InChI is InChI=1S/C21H27N3O3/c1-4-23-11-13-24(14-12-23)19-8-6-5-7-18(19)22-21(25)17-15-16(26-2)9-10-20(17)27-3/h5-10,15H,4,11-14H2,1-3H3,(H,22,25). The summed E-state index contributed by atoms with van der Waals surface area (Å²) in [6, 6.07) is 13.1. The largest absolute Gasteiger partial charge is 0.497 e. The number of methoxy groups -OCH3 is 2. The van der Waals surface area contributed by atoms with Crippen LogP contribution in [0.15, 0.2) is 42.5 Å². The first-order chi connectivity index (χ1) is 13.2. The van der Waals surface area contributed by atoms with Gasteiger partial charge in [-0.15, -0.1) is 0 Å². The van der Waals surface area contributed by atoms with Gasteiger partial charge in [0.25, 0.3) is 5.91 Å². The van der Waals surface area contributed by atoms with Crippen molar-refractivity contribution in [3.05, 3.63) is 48.0 Å². The molecule has 0 aromatic heterocycles. The average Bonchev–Trinajstić information content (AvgIpc) is 2.73. The SMILES string of the molecule is CCN1CCN(c2ccccc2NC(=O)c2cc(OC)ccc2OC)CC1. The molecule has 1 fully saturated rings. The molecule has 3 rings (SSSR count). The van der Waals surface area contributed by atoms with Gasteiger partial charge in [0.05, 0.1) is 31.2 Å². The molecule has 0 bridgehead atoms. The highest BCUT2D eigenvalue weighted by Gasteiger charge is 2.20. The highest BCUT2D eigenvalue weighted by atomic mass is 16.5. The Labute approximate surface area is 160 Å². The predicted molar refractivity (Wildman–Crippen MR) is 108 cm³/mol. The number of para-hydroxylation sites is 2. The fourth-order valence-electron chi connectivity index (χ4n) is 3.34. The highest BCUT2D eigenvalue weighted by molar-refractivity contribution is 6.08. The van der Waals surface area contributed by atoms with Crippen LogP contribution in [-0.2, 0) is 0 Å². The minimum Gasteiger partial charge on any atom is -0.497 e. The van der Waals surface area contributed by atoms with E-state index in [2.05, 4.69) is 28.1 Å². The zero-order chi connectivity index (χ0) is 19.2. The Bertz CT molecular complexity index is 786. The molecule has 0 atom stereocenters. The summed E-state index contributed by atoms with van der Waals surface area (Å²) in [6.07, 6.45) is 0. The van der Waals surface area contributed by atoms with Gasteiger partial charge in [-0.2, -0.15) is 0 Å². The Morgan fingerprint density at radius 3 is 2.44 bits per heavy atom. The smallest absolute Gasteiger partial charge is 0.259 e. The molecule has 0 radical (unpaired) electrons. The number of hydrogen-bond acceptors (Lipinski definition) is 5. The molecule has 2 aromatic carbocycles. The number of piperazine rings is 1. The van der Waals surface area contributed by atoms with Crippen molar-refractivity contribution in [1.29, 1.82) is 0 Å². The third-order valence-corrected chi connectivity index (χ3v) is 4.96. The molecule has 0 saturated carbocycles. The maximum atomic E-state index is 12.9. The van der Waals surface area contributed by atoms with Crippen molar-refractivity contribution in [2.24, 2.45) is 0 Å². The number of carbonyl (C=O) groups excluding carboxylic acids is 1. The van der Waals surface area contributed by atoms with Crippen molar-refractivity contribution in [1.82, 2.24) is 4.90 Å². The number of likely N-dealkylation sites (N-methyl/N-ethyl adjacent to an activating group) is 1. The number of rotatable bonds is 6. The minimum atomic E-state index is -0.217. The lowest BCUT2D eigenvalue weighted by Crippen LogP contribution is -2.46. The molecule has 0 aliphatic carbocycles. The highest BCUT2D eigenvalue weighted by Crippen LogP contribution is 2.29. The van der Waals surface area contributed by atoms with Gasteiger partial charge in [0.1, 0.15) is 11.5 Å². The van der Waals surface area contributed by atoms with Crippen LogP contribution in [0, 0.1) is 0 Å². The normalized spacial score (nSPS) is 14.7. The average molecular weight is 369 g/mol. The van der Waals surface area contributed by atoms with E-state index in [9.17, 15) is 4.79 Å². The van der Waals surface area contributed by atoms with Crippen molar-refractivity contribution in [2.75, 3.05) is 57.2 Å². The van der Waals surface area contributed by atoms with Gasteiger partial charge in [-0.3, -0.25) is 4.79 Å². The Morgan fingerprint density at radius 2 is 1.78 bits per heavy atom. The summed E-state index contributed by atoms with van der Waals surface area (Å²) < 4.78 is 10.6. The van der Waals surface area contributed by atoms with Crippen LogP contribution in [-0.4, -0.2) is 57.8 Å². The van der Waals surface area contributed by atoms with E-state index in [1.165, 1.54) is 0 Å². The number of ether oxygens (including phenoxy) is 2. The van der Waals surface area contributed by atoms with Crippen LogP contribution in [0.25, 0.3) is 0 Å². The van der Waals surface area contributed by atoms with E-state index in [1.807, 2.05) is 18.2 Å². The van der Waals surface area contributed by atoms with Crippen molar-refractivity contribution in [3.63, 3.8) is 0 Å². The van der Waals surface area contributed by atoms with Gasteiger partial charge < -0.3 is 24.6 Å². The number of nitrogens with zero attached hydrogens (tertiary/aromatic N) is 2. The van der Waals surface area contributed by atoms with E-state index in [0.29, 0.717) is 17.1 Å². The summed E-state index contributed by atoms with van der Waals surface area (Å²) in [7, 11) is 3.13. The molecule has 0 spiro atoms. The lowest BCUT2D eigenvalue weighted by Gasteiger charge is -2.36. The Kier molecular flexibility index (Phi) is 6.19. The van der Waals surface area contributed by atoms with Gasteiger partial charge in [-0.05, 0) is 36.9 Å². The van der Waals surface area contributed by atoms with Crippen molar-refractivity contribution < 1.29 is 14.3 Å². The first kappa shape index (κ1) is 19.0. The molecule has 2 aromatic rings. The maximum absolute atomic E-state index is 12.9.